The molecule has 1 atom stereocenters. The van der Waals surface area contributed by atoms with E-state index in [1.165, 1.54) is 5.56 Å². The molecule has 2 aromatic heterocycles. The summed E-state index contributed by atoms with van der Waals surface area (Å²) < 4.78 is 6.47. The van der Waals surface area contributed by atoms with E-state index in [1.807, 2.05) is 36.4 Å². The number of likely N-dealkylation sites (tertiary alicyclic amines) is 1. The first-order chi connectivity index (χ1) is 15.0. The van der Waals surface area contributed by atoms with Crippen molar-refractivity contribution in [1.82, 2.24) is 9.88 Å². The summed E-state index contributed by atoms with van der Waals surface area (Å²) >= 11 is 1.66. The molecule has 1 fully saturated rings. The monoisotopic (exact) mass is 431 g/mol. The van der Waals surface area contributed by atoms with Crippen molar-refractivity contribution in [1.29, 1.82) is 0 Å². The number of amides is 2. The maximum atomic E-state index is 12.7. The number of nitrogens with one attached hydrogen (secondary N) is 1. The molecule has 156 valence electrons. The molecule has 1 aliphatic rings. The van der Waals surface area contributed by atoms with Gasteiger partial charge in [-0.15, -0.1) is 11.3 Å². The molecule has 0 bridgehead atoms. The van der Waals surface area contributed by atoms with Crippen LogP contribution >= 0.6 is 11.3 Å². The predicted octanol–water partition coefficient (Wildman–Crippen LogP) is 4.85. The number of furan rings is 1. The minimum atomic E-state index is -0.366. The molecule has 0 aliphatic carbocycles. The summed E-state index contributed by atoms with van der Waals surface area (Å²) in [5, 5.41) is 3.89. The van der Waals surface area contributed by atoms with Crippen LogP contribution in [0.5, 0.6) is 0 Å². The number of hydrogen-bond acceptors (Lipinski definition) is 5. The molecule has 7 heteroatoms. The van der Waals surface area contributed by atoms with E-state index in [2.05, 4.69) is 24.4 Å². The molecule has 5 rings (SSSR count). The van der Waals surface area contributed by atoms with E-state index in [4.69, 9.17) is 9.40 Å². The molecule has 1 N–H and O–H groups in total. The van der Waals surface area contributed by atoms with Crippen LogP contribution in [-0.4, -0.2) is 28.2 Å². The number of carbonyl (C=O) groups excluding carboxylic acids is 2. The highest BCUT2D eigenvalue weighted by Crippen LogP contribution is 2.31. The van der Waals surface area contributed by atoms with Crippen molar-refractivity contribution in [2.45, 2.75) is 19.9 Å². The van der Waals surface area contributed by atoms with Gasteiger partial charge in [-0.25, -0.2) is 4.98 Å². The number of nitrogens with zero attached hydrogens (tertiary/aromatic N) is 2. The lowest BCUT2D eigenvalue weighted by molar-refractivity contribution is -0.128. The largest absolute Gasteiger partial charge is 0.467 e. The van der Waals surface area contributed by atoms with Crippen LogP contribution in [0.15, 0.2) is 65.3 Å². The number of anilines is 1. The van der Waals surface area contributed by atoms with Gasteiger partial charge in [-0.1, -0.05) is 6.07 Å². The topological polar surface area (TPSA) is 75.4 Å². The molecule has 0 radical (unpaired) electrons. The molecule has 2 aromatic carbocycles. The molecule has 1 unspecified atom stereocenters. The van der Waals surface area contributed by atoms with Crippen LogP contribution in [0.2, 0.25) is 0 Å². The average Bonchev–Trinajstić information content (AvgIpc) is 3.49. The molecule has 4 aromatic rings. The van der Waals surface area contributed by atoms with Gasteiger partial charge in [-0.3, -0.25) is 9.59 Å². The first kappa shape index (κ1) is 19.5. The number of carbonyl (C=O) groups is 2. The second kappa shape index (κ2) is 8.00. The summed E-state index contributed by atoms with van der Waals surface area (Å²) in [5.41, 5.74) is 3.93. The van der Waals surface area contributed by atoms with Crippen LogP contribution in [0.4, 0.5) is 5.69 Å². The fourth-order valence-corrected chi connectivity index (χ4v) is 4.86. The average molecular weight is 432 g/mol. The molecule has 31 heavy (non-hydrogen) atoms. The smallest absolute Gasteiger partial charge is 0.229 e. The van der Waals surface area contributed by atoms with Crippen LogP contribution in [0.1, 0.15) is 17.7 Å². The van der Waals surface area contributed by atoms with Crippen molar-refractivity contribution >= 4 is 39.1 Å². The van der Waals surface area contributed by atoms with Gasteiger partial charge in [0.1, 0.15) is 10.8 Å². The Morgan fingerprint density at radius 3 is 2.84 bits per heavy atom. The van der Waals surface area contributed by atoms with E-state index in [1.54, 1.807) is 28.6 Å². The Balaban J connectivity index is 1.24. The van der Waals surface area contributed by atoms with Gasteiger partial charge in [-0.05, 0) is 61.0 Å². The lowest BCUT2D eigenvalue weighted by Crippen LogP contribution is -2.27. The molecule has 1 aliphatic heterocycles. The Morgan fingerprint density at radius 1 is 1.23 bits per heavy atom. The summed E-state index contributed by atoms with van der Waals surface area (Å²) in [5.74, 6) is 0.182. The highest BCUT2D eigenvalue weighted by Gasteiger charge is 2.34. The van der Waals surface area contributed by atoms with E-state index in [-0.39, 0.29) is 24.2 Å². The number of thiazole rings is 1. The lowest BCUT2D eigenvalue weighted by atomic mass is 10.1. The molecule has 3 heterocycles. The van der Waals surface area contributed by atoms with Crippen molar-refractivity contribution in [3.05, 3.63) is 72.2 Å². The fraction of sp³-hybridized carbons (Fsp3) is 0.208. The van der Waals surface area contributed by atoms with Crippen molar-refractivity contribution in [2.24, 2.45) is 5.92 Å². The van der Waals surface area contributed by atoms with Gasteiger partial charge in [0.2, 0.25) is 11.8 Å². The third-order valence-electron chi connectivity index (χ3n) is 5.46. The minimum Gasteiger partial charge on any atom is -0.467 e. The summed E-state index contributed by atoms with van der Waals surface area (Å²) in [6.07, 6.45) is 1.80. The van der Waals surface area contributed by atoms with Gasteiger partial charge in [0.05, 0.1) is 28.9 Å². The molecular formula is C24H21N3O3S. The second-order valence-electron chi connectivity index (χ2n) is 7.81. The third-order valence-corrected chi connectivity index (χ3v) is 6.52. The van der Waals surface area contributed by atoms with E-state index < -0.39 is 0 Å². The normalized spacial score (nSPS) is 16.2. The van der Waals surface area contributed by atoms with E-state index in [0.717, 1.165) is 26.5 Å². The molecule has 0 spiro atoms. The molecule has 2 amide bonds. The summed E-state index contributed by atoms with van der Waals surface area (Å²) in [7, 11) is 0. The van der Waals surface area contributed by atoms with Crippen LogP contribution in [0, 0.1) is 12.8 Å². The second-order valence-corrected chi connectivity index (χ2v) is 8.84. The molecule has 6 nitrogen and oxygen atoms in total. The zero-order valence-corrected chi connectivity index (χ0v) is 17.8. The van der Waals surface area contributed by atoms with E-state index in [9.17, 15) is 9.59 Å². The lowest BCUT2D eigenvalue weighted by Gasteiger charge is -2.15. The van der Waals surface area contributed by atoms with Crippen LogP contribution in [-0.2, 0) is 16.1 Å². The van der Waals surface area contributed by atoms with Gasteiger partial charge < -0.3 is 14.6 Å². The highest BCUT2D eigenvalue weighted by molar-refractivity contribution is 7.21. The van der Waals surface area contributed by atoms with Gasteiger partial charge in [-0.2, -0.15) is 0 Å². The SMILES string of the molecule is Cc1ccc2nc(-c3ccc(NC(=O)C4CC(=O)N(Cc5ccco5)C4)cc3)sc2c1. The fourth-order valence-electron chi connectivity index (χ4n) is 3.79. The van der Waals surface area contributed by atoms with E-state index >= 15 is 0 Å². The van der Waals surface area contributed by atoms with Crippen molar-refractivity contribution < 1.29 is 14.0 Å². The molecule has 0 saturated carbocycles. The Kier molecular flexibility index (Phi) is 5.03. The van der Waals surface area contributed by atoms with Crippen LogP contribution in [0.3, 0.4) is 0 Å². The van der Waals surface area contributed by atoms with Gasteiger partial charge in [0.25, 0.3) is 0 Å². The van der Waals surface area contributed by atoms with Crippen molar-refractivity contribution in [3.8, 4) is 10.6 Å². The van der Waals surface area contributed by atoms with Crippen molar-refractivity contribution in [3.63, 3.8) is 0 Å². The predicted molar refractivity (Wildman–Crippen MR) is 121 cm³/mol. The standard InChI is InChI=1S/C24H21N3O3S/c1-15-4-9-20-21(11-15)31-24(26-20)16-5-7-18(8-6-16)25-23(29)17-12-22(28)27(13-17)14-19-3-2-10-30-19/h2-11,17H,12-14H2,1H3,(H,25,29). The van der Waals surface area contributed by atoms with Gasteiger partial charge in [0.15, 0.2) is 0 Å². The summed E-state index contributed by atoms with van der Waals surface area (Å²) in [6, 6.07) is 17.5. The maximum absolute atomic E-state index is 12.7. The van der Waals surface area contributed by atoms with Gasteiger partial charge in [0, 0.05) is 24.2 Å². The maximum Gasteiger partial charge on any atom is 0.229 e. The molecule has 1 saturated heterocycles. The number of fused-ring (bicyclic) bond motifs is 1. The zero-order valence-electron chi connectivity index (χ0n) is 17.0. The van der Waals surface area contributed by atoms with E-state index in [0.29, 0.717) is 18.8 Å². The van der Waals surface area contributed by atoms with Crippen LogP contribution < -0.4 is 5.32 Å². The minimum absolute atomic E-state index is 0.0297. The Labute approximate surface area is 183 Å². The Hall–Kier alpha value is -3.45. The third kappa shape index (κ3) is 4.09. The quantitative estimate of drug-likeness (QED) is 0.490. The number of hydrogen-bond donors (Lipinski definition) is 1. The first-order valence-corrected chi connectivity index (χ1v) is 11.0. The first-order valence-electron chi connectivity index (χ1n) is 10.1. The van der Waals surface area contributed by atoms with Crippen LogP contribution in [0.25, 0.3) is 20.8 Å². The molecular weight excluding hydrogens is 410 g/mol. The Bertz CT molecular complexity index is 1250. The number of benzene rings is 2. The van der Waals surface area contributed by atoms with Gasteiger partial charge >= 0.3 is 0 Å². The van der Waals surface area contributed by atoms with Crippen molar-refractivity contribution in [2.75, 3.05) is 11.9 Å². The zero-order chi connectivity index (χ0) is 21.4. The number of rotatable bonds is 5. The highest BCUT2D eigenvalue weighted by atomic mass is 32.1. The summed E-state index contributed by atoms with van der Waals surface area (Å²) in [4.78, 5) is 31.3. The Morgan fingerprint density at radius 2 is 2.06 bits per heavy atom. The number of aromatic nitrogens is 1. The number of aryl methyl sites for hydroxylation is 1. The summed E-state index contributed by atoms with van der Waals surface area (Å²) in [6.45, 7) is 2.87.